The molecule has 11 heteroatoms. The number of fused-ring (bicyclic) bond motifs is 1. The molecule has 4 rings (SSSR count). The number of hydrogen-bond acceptors (Lipinski definition) is 7. The Bertz CT molecular complexity index is 1300. The first-order chi connectivity index (χ1) is 15.7. The van der Waals surface area contributed by atoms with E-state index in [1.807, 2.05) is 24.9 Å². The summed E-state index contributed by atoms with van der Waals surface area (Å²) in [5.41, 5.74) is -0.676. The van der Waals surface area contributed by atoms with Gasteiger partial charge in [0.25, 0.3) is 0 Å². The Morgan fingerprint density at radius 2 is 2.03 bits per heavy atom. The molecule has 8 nitrogen and oxygen atoms in total. The minimum Gasteiger partial charge on any atom is -0.473 e. The Balaban J connectivity index is 1.50. The van der Waals surface area contributed by atoms with Gasteiger partial charge in [-0.25, -0.2) is 4.79 Å². The largest absolute Gasteiger partial charge is 0.473 e. The smallest absolute Gasteiger partial charge is 0.418 e. The minimum absolute atomic E-state index is 0.0231. The predicted molar refractivity (Wildman–Crippen MR) is 111 cm³/mol. The number of nitrogens with zero attached hydrogens (tertiary/aromatic N) is 5. The highest BCUT2D eigenvalue weighted by Gasteiger charge is 2.31. The SMILES string of the molecule is CC1Cn2c(cc(OCc3ccc(Oc4cncc(C(F)(F)F)c4)c(C#N)c3)nc2=O)N1C. The Labute approximate surface area is 186 Å². The van der Waals surface area contributed by atoms with E-state index >= 15 is 0 Å². The number of anilines is 1. The molecule has 0 aliphatic carbocycles. The summed E-state index contributed by atoms with van der Waals surface area (Å²) >= 11 is 0. The van der Waals surface area contributed by atoms with Crippen molar-refractivity contribution < 1.29 is 22.6 Å². The average molecular weight is 457 g/mol. The number of alkyl halides is 3. The molecule has 0 radical (unpaired) electrons. The lowest BCUT2D eigenvalue weighted by Crippen LogP contribution is -2.23. The number of likely N-dealkylation sites (N-methyl/N-ethyl adjacent to an activating group) is 1. The van der Waals surface area contributed by atoms with Gasteiger partial charge in [-0.3, -0.25) is 9.55 Å². The third-order valence-corrected chi connectivity index (χ3v) is 5.25. The van der Waals surface area contributed by atoms with Crippen molar-refractivity contribution in [3.63, 3.8) is 0 Å². The Hall–Kier alpha value is -4.07. The van der Waals surface area contributed by atoms with E-state index < -0.39 is 17.4 Å². The van der Waals surface area contributed by atoms with E-state index in [2.05, 4.69) is 9.97 Å². The zero-order chi connectivity index (χ0) is 23.8. The summed E-state index contributed by atoms with van der Waals surface area (Å²) in [4.78, 5) is 21.7. The van der Waals surface area contributed by atoms with Gasteiger partial charge in [-0.1, -0.05) is 6.07 Å². The van der Waals surface area contributed by atoms with E-state index in [9.17, 15) is 23.2 Å². The summed E-state index contributed by atoms with van der Waals surface area (Å²) in [6, 6.07) is 9.15. The van der Waals surface area contributed by atoms with E-state index in [1.165, 1.54) is 12.1 Å². The number of rotatable bonds is 5. The molecule has 33 heavy (non-hydrogen) atoms. The number of hydrogen-bond donors (Lipinski definition) is 0. The second kappa shape index (κ2) is 8.46. The normalized spacial score (nSPS) is 15.2. The van der Waals surface area contributed by atoms with Gasteiger partial charge in [0.15, 0.2) is 0 Å². The van der Waals surface area contributed by atoms with Crippen molar-refractivity contribution >= 4 is 5.82 Å². The zero-order valence-corrected chi connectivity index (χ0v) is 17.6. The first-order valence-corrected chi connectivity index (χ1v) is 9.86. The maximum atomic E-state index is 12.9. The van der Waals surface area contributed by atoms with E-state index in [0.717, 1.165) is 12.3 Å². The molecule has 1 aromatic carbocycles. The summed E-state index contributed by atoms with van der Waals surface area (Å²) in [6.45, 7) is 2.57. The molecule has 0 N–H and O–H groups in total. The molecule has 0 bridgehead atoms. The van der Waals surface area contributed by atoms with E-state index in [0.29, 0.717) is 24.1 Å². The van der Waals surface area contributed by atoms with Crippen LogP contribution < -0.4 is 20.1 Å². The molecule has 0 saturated heterocycles. The standard InChI is InChI=1S/C22H18F3N5O3/c1-13-11-30-20(29(13)2)7-19(28-21(30)31)32-12-14-3-4-18(15(5-14)8-26)33-17-6-16(9-27-10-17)22(23,24)25/h3-7,9-10,13H,11-12H2,1-2H3. The fourth-order valence-corrected chi connectivity index (χ4v) is 3.38. The first-order valence-electron chi connectivity index (χ1n) is 9.86. The van der Waals surface area contributed by atoms with Crippen molar-refractivity contribution in [2.24, 2.45) is 0 Å². The molecular formula is C22H18F3N5O3. The topological polar surface area (TPSA) is 93.3 Å². The third kappa shape index (κ3) is 4.59. The van der Waals surface area contributed by atoms with Gasteiger partial charge >= 0.3 is 11.9 Å². The highest BCUT2D eigenvalue weighted by atomic mass is 19.4. The van der Waals surface area contributed by atoms with Gasteiger partial charge in [0.2, 0.25) is 5.88 Å². The van der Waals surface area contributed by atoms with Crippen LogP contribution in [0.2, 0.25) is 0 Å². The van der Waals surface area contributed by atoms with Crippen molar-refractivity contribution in [1.82, 2.24) is 14.5 Å². The van der Waals surface area contributed by atoms with Gasteiger partial charge in [0, 0.05) is 31.9 Å². The van der Waals surface area contributed by atoms with Gasteiger partial charge in [0.1, 0.15) is 30.0 Å². The summed E-state index contributed by atoms with van der Waals surface area (Å²) in [5.74, 6) is 0.785. The lowest BCUT2D eigenvalue weighted by molar-refractivity contribution is -0.137. The molecule has 0 spiro atoms. The summed E-state index contributed by atoms with van der Waals surface area (Å²) in [7, 11) is 1.88. The van der Waals surface area contributed by atoms with Gasteiger partial charge in [-0.15, -0.1) is 0 Å². The molecule has 1 aliphatic rings. The number of ether oxygens (including phenoxy) is 2. The zero-order valence-electron chi connectivity index (χ0n) is 17.6. The van der Waals surface area contributed by atoms with Gasteiger partial charge in [0.05, 0.1) is 17.3 Å². The molecule has 3 aromatic rings. The molecule has 0 fully saturated rings. The Kier molecular flexibility index (Phi) is 5.68. The number of pyridine rings is 1. The first kappa shape index (κ1) is 22.1. The molecule has 170 valence electrons. The van der Waals surface area contributed by atoms with Crippen molar-refractivity contribution in [3.8, 4) is 23.4 Å². The van der Waals surface area contributed by atoms with Crippen LogP contribution in [0.3, 0.4) is 0 Å². The van der Waals surface area contributed by atoms with Crippen LogP contribution in [0.5, 0.6) is 17.4 Å². The predicted octanol–water partition coefficient (Wildman–Crippen LogP) is 3.74. The molecule has 3 heterocycles. The second-order valence-electron chi connectivity index (χ2n) is 7.55. The van der Waals surface area contributed by atoms with Crippen molar-refractivity contribution in [2.45, 2.75) is 32.3 Å². The summed E-state index contributed by atoms with van der Waals surface area (Å²) in [5, 5.41) is 9.46. The average Bonchev–Trinajstić information content (AvgIpc) is 3.07. The van der Waals surface area contributed by atoms with Crippen LogP contribution >= 0.6 is 0 Å². The van der Waals surface area contributed by atoms with Gasteiger partial charge in [-0.2, -0.15) is 23.4 Å². The molecule has 2 aromatic heterocycles. The lowest BCUT2D eigenvalue weighted by Gasteiger charge is -2.16. The monoisotopic (exact) mass is 457 g/mol. The molecular weight excluding hydrogens is 439 g/mol. The quantitative estimate of drug-likeness (QED) is 0.576. The highest BCUT2D eigenvalue weighted by molar-refractivity contribution is 5.48. The molecule has 1 atom stereocenters. The van der Waals surface area contributed by atoms with Crippen LogP contribution in [0.4, 0.5) is 19.0 Å². The molecule has 0 amide bonds. The van der Waals surface area contributed by atoms with Crippen LogP contribution in [0.15, 0.2) is 47.5 Å². The molecule has 0 saturated carbocycles. The van der Waals surface area contributed by atoms with Crippen molar-refractivity contribution in [1.29, 1.82) is 5.26 Å². The van der Waals surface area contributed by atoms with Gasteiger partial charge in [-0.05, 0) is 30.7 Å². The van der Waals surface area contributed by atoms with Crippen LogP contribution in [-0.2, 0) is 19.3 Å². The van der Waals surface area contributed by atoms with Crippen LogP contribution in [0.1, 0.15) is 23.6 Å². The number of halogens is 3. The van der Waals surface area contributed by atoms with E-state index in [-0.39, 0.29) is 35.6 Å². The molecule has 1 aliphatic heterocycles. The summed E-state index contributed by atoms with van der Waals surface area (Å²) < 4.78 is 51.3. The number of benzene rings is 1. The fraction of sp³-hybridized carbons (Fsp3) is 0.273. The maximum Gasteiger partial charge on any atom is 0.418 e. The van der Waals surface area contributed by atoms with Crippen LogP contribution in [0.25, 0.3) is 0 Å². The fourth-order valence-electron chi connectivity index (χ4n) is 3.38. The van der Waals surface area contributed by atoms with Gasteiger partial charge < -0.3 is 14.4 Å². The van der Waals surface area contributed by atoms with E-state index in [4.69, 9.17) is 9.47 Å². The lowest BCUT2D eigenvalue weighted by atomic mass is 10.1. The van der Waals surface area contributed by atoms with Crippen molar-refractivity contribution in [3.05, 3.63) is 69.9 Å². The van der Waals surface area contributed by atoms with Crippen LogP contribution in [-0.4, -0.2) is 27.6 Å². The molecule has 1 unspecified atom stereocenters. The third-order valence-electron chi connectivity index (χ3n) is 5.25. The Morgan fingerprint density at radius 3 is 2.76 bits per heavy atom. The highest BCUT2D eigenvalue weighted by Crippen LogP contribution is 2.33. The maximum absolute atomic E-state index is 12.9. The second-order valence-corrected chi connectivity index (χ2v) is 7.55. The number of aromatic nitrogens is 3. The van der Waals surface area contributed by atoms with Crippen LogP contribution in [0, 0.1) is 11.3 Å². The van der Waals surface area contributed by atoms with Crippen molar-refractivity contribution in [2.75, 3.05) is 11.9 Å². The number of nitriles is 1. The minimum atomic E-state index is -4.56. The van der Waals surface area contributed by atoms with E-state index in [1.54, 1.807) is 16.7 Å². The summed E-state index contributed by atoms with van der Waals surface area (Å²) in [6.07, 6.45) is -2.74. The Morgan fingerprint density at radius 1 is 1.24 bits per heavy atom.